The van der Waals surface area contributed by atoms with E-state index in [4.69, 9.17) is 11.6 Å². The Morgan fingerprint density at radius 3 is 2.74 bits per heavy atom. The summed E-state index contributed by atoms with van der Waals surface area (Å²) in [5.41, 5.74) is 0.448. The van der Waals surface area contributed by atoms with Crippen LogP contribution in [0.25, 0.3) is 0 Å². The number of thiazole rings is 1. The van der Waals surface area contributed by atoms with Crippen molar-refractivity contribution in [2.24, 2.45) is 0 Å². The van der Waals surface area contributed by atoms with Gasteiger partial charge in [-0.25, -0.2) is 17.8 Å². The molecule has 170 valence electrons. The molecular formula is C21H28ClFN4O2S2. The summed E-state index contributed by atoms with van der Waals surface area (Å²) in [5.74, 6) is -1.12. The first kappa shape index (κ1) is 22.9. The molecule has 0 radical (unpaired) electrons. The molecule has 31 heavy (non-hydrogen) atoms. The number of halogens is 2. The third-order valence-electron chi connectivity index (χ3n) is 6.37. The molecule has 2 fully saturated rings. The third-order valence-corrected chi connectivity index (χ3v) is 9.28. The molecule has 2 heterocycles. The zero-order chi connectivity index (χ0) is 22.2. The van der Waals surface area contributed by atoms with Crippen molar-refractivity contribution >= 4 is 38.5 Å². The number of likely N-dealkylation sites (tertiary alicyclic amines) is 1. The summed E-state index contributed by atoms with van der Waals surface area (Å²) in [6.45, 7) is 2.11. The number of anilines is 1. The van der Waals surface area contributed by atoms with Gasteiger partial charge in [0.1, 0.15) is 21.5 Å². The fraction of sp³-hybridized carbons (Fsp3) is 0.571. The zero-order valence-electron chi connectivity index (χ0n) is 17.7. The second-order valence-electron chi connectivity index (χ2n) is 8.59. The quantitative estimate of drug-likeness (QED) is 0.640. The number of likely N-dealkylation sites (N-methyl/N-ethyl adjacent to an activating group) is 2. The van der Waals surface area contributed by atoms with Crippen LogP contribution in [0.3, 0.4) is 0 Å². The van der Waals surface area contributed by atoms with E-state index in [2.05, 4.69) is 34.2 Å². The van der Waals surface area contributed by atoms with E-state index >= 15 is 0 Å². The van der Waals surface area contributed by atoms with Crippen LogP contribution >= 0.6 is 22.9 Å². The van der Waals surface area contributed by atoms with Crippen molar-refractivity contribution in [2.75, 3.05) is 32.5 Å². The highest BCUT2D eigenvalue weighted by atomic mass is 35.5. The van der Waals surface area contributed by atoms with Gasteiger partial charge in [-0.3, -0.25) is 4.90 Å². The fourth-order valence-corrected chi connectivity index (χ4v) is 7.23. The normalized spacial score (nSPS) is 23.1. The molecule has 1 saturated carbocycles. The number of hydrogen-bond donors (Lipinski definition) is 1. The van der Waals surface area contributed by atoms with Crippen molar-refractivity contribution in [3.05, 3.63) is 39.6 Å². The van der Waals surface area contributed by atoms with Gasteiger partial charge in [0.05, 0.1) is 10.7 Å². The highest BCUT2D eigenvalue weighted by Crippen LogP contribution is 2.34. The van der Waals surface area contributed by atoms with E-state index in [1.807, 2.05) is 0 Å². The van der Waals surface area contributed by atoms with Gasteiger partial charge in [0, 0.05) is 42.8 Å². The van der Waals surface area contributed by atoms with Crippen LogP contribution in [0.4, 0.5) is 10.1 Å². The minimum atomic E-state index is -3.87. The summed E-state index contributed by atoms with van der Waals surface area (Å²) in [5, 5.41) is 5.76. The second kappa shape index (κ2) is 9.31. The molecule has 0 spiro atoms. The minimum absolute atomic E-state index is 0.138. The lowest BCUT2D eigenvalue weighted by Crippen LogP contribution is -2.62. The van der Waals surface area contributed by atoms with E-state index in [9.17, 15) is 12.8 Å². The Morgan fingerprint density at radius 2 is 2.06 bits per heavy atom. The number of hydrogen-bond acceptors (Lipinski definition) is 7. The van der Waals surface area contributed by atoms with E-state index in [-0.39, 0.29) is 21.7 Å². The SMILES string of the molecule is CN1CC(N(C)[C@H]2CCCC[C@@H]2Nc2cc(F)c(S(=O)(=O)Cc3nccs3)cc2Cl)C1. The number of nitrogens with one attached hydrogen (secondary N) is 1. The van der Waals surface area contributed by atoms with Crippen LogP contribution in [0.1, 0.15) is 30.7 Å². The molecule has 0 amide bonds. The molecule has 1 N–H and O–H groups in total. The summed E-state index contributed by atoms with van der Waals surface area (Å²) in [6, 6.07) is 3.45. The first-order chi connectivity index (χ1) is 14.7. The van der Waals surface area contributed by atoms with E-state index in [0.717, 1.165) is 32.4 Å². The highest BCUT2D eigenvalue weighted by Gasteiger charge is 2.36. The van der Waals surface area contributed by atoms with Crippen LogP contribution in [0.2, 0.25) is 5.02 Å². The van der Waals surface area contributed by atoms with E-state index < -0.39 is 15.7 Å². The number of nitrogens with zero attached hydrogens (tertiary/aromatic N) is 3. The fourth-order valence-electron chi connectivity index (χ4n) is 4.60. The molecule has 0 bridgehead atoms. The molecule has 2 atom stereocenters. The van der Waals surface area contributed by atoms with Crippen molar-refractivity contribution in [3.8, 4) is 0 Å². The molecule has 6 nitrogen and oxygen atoms in total. The number of sulfone groups is 1. The van der Waals surface area contributed by atoms with Gasteiger partial charge in [-0.1, -0.05) is 24.4 Å². The largest absolute Gasteiger partial charge is 0.379 e. The Kier molecular flexibility index (Phi) is 6.88. The lowest BCUT2D eigenvalue weighted by Gasteiger charge is -2.48. The smallest absolute Gasteiger partial charge is 0.187 e. The van der Waals surface area contributed by atoms with Gasteiger partial charge >= 0.3 is 0 Å². The molecule has 1 aliphatic heterocycles. The maximum absolute atomic E-state index is 14.9. The van der Waals surface area contributed by atoms with Crippen LogP contribution in [0.5, 0.6) is 0 Å². The summed E-state index contributed by atoms with van der Waals surface area (Å²) >= 11 is 7.66. The number of benzene rings is 1. The van der Waals surface area contributed by atoms with Crippen LogP contribution in [-0.2, 0) is 15.6 Å². The average Bonchev–Trinajstić information content (AvgIpc) is 3.20. The molecule has 2 aliphatic rings. The first-order valence-corrected chi connectivity index (χ1v) is 13.4. The maximum atomic E-state index is 14.9. The van der Waals surface area contributed by atoms with E-state index in [1.165, 1.54) is 36.1 Å². The summed E-state index contributed by atoms with van der Waals surface area (Å²) in [7, 11) is 0.409. The zero-order valence-corrected chi connectivity index (χ0v) is 20.1. The minimum Gasteiger partial charge on any atom is -0.379 e. The predicted molar refractivity (Wildman–Crippen MR) is 123 cm³/mol. The highest BCUT2D eigenvalue weighted by molar-refractivity contribution is 7.90. The van der Waals surface area contributed by atoms with Crippen molar-refractivity contribution in [2.45, 2.75) is 54.5 Å². The average molecular weight is 487 g/mol. The standard InChI is InChI=1S/C21H28ClFN4O2S2/c1-26-11-14(12-26)27(2)19-6-4-3-5-17(19)25-18-10-16(23)20(9-15(18)22)31(28,29)13-21-24-7-8-30-21/h7-10,14,17,19,25H,3-6,11-13H2,1-2H3/t17-,19-/m0/s1. The Hall–Kier alpha value is -1.26. The Bertz CT molecular complexity index is 1010. The second-order valence-corrected chi connectivity index (χ2v) is 11.9. The molecule has 1 aliphatic carbocycles. The summed E-state index contributed by atoms with van der Waals surface area (Å²) < 4.78 is 40.3. The Morgan fingerprint density at radius 1 is 1.32 bits per heavy atom. The predicted octanol–water partition coefficient (Wildman–Crippen LogP) is 3.88. The van der Waals surface area contributed by atoms with Gasteiger partial charge in [-0.2, -0.15) is 0 Å². The molecule has 1 saturated heterocycles. The summed E-state index contributed by atoms with van der Waals surface area (Å²) in [4.78, 5) is 8.35. The van der Waals surface area contributed by atoms with Gasteiger partial charge in [0.15, 0.2) is 9.84 Å². The molecule has 10 heteroatoms. The Balaban J connectivity index is 1.52. The lowest BCUT2D eigenvalue weighted by atomic mass is 9.87. The van der Waals surface area contributed by atoms with Crippen molar-refractivity contribution < 1.29 is 12.8 Å². The van der Waals surface area contributed by atoms with Crippen LogP contribution in [0, 0.1) is 5.82 Å². The van der Waals surface area contributed by atoms with Crippen molar-refractivity contribution in [1.82, 2.24) is 14.8 Å². The van der Waals surface area contributed by atoms with Gasteiger partial charge in [-0.15, -0.1) is 11.3 Å². The molecule has 0 unspecified atom stereocenters. The van der Waals surface area contributed by atoms with Crippen LogP contribution in [0.15, 0.2) is 28.6 Å². The van der Waals surface area contributed by atoms with Gasteiger partial charge in [-0.05, 0) is 39.1 Å². The van der Waals surface area contributed by atoms with Crippen molar-refractivity contribution in [3.63, 3.8) is 0 Å². The van der Waals surface area contributed by atoms with Crippen molar-refractivity contribution in [1.29, 1.82) is 0 Å². The van der Waals surface area contributed by atoms with Crippen LogP contribution in [-0.4, -0.2) is 68.5 Å². The van der Waals surface area contributed by atoms with E-state index in [0.29, 0.717) is 22.8 Å². The molecule has 4 rings (SSSR count). The molecule has 2 aromatic rings. The summed E-state index contributed by atoms with van der Waals surface area (Å²) in [6.07, 6.45) is 5.86. The molecule has 1 aromatic carbocycles. The molecular weight excluding hydrogens is 459 g/mol. The maximum Gasteiger partial charge on any atom is 0.187 e. The van der Waals surface area contributed by atoms with Gasteiger partial charge in [0.2, 0.25) is 0 Å². The third kappa shape index (κ3) is 5.06. The van der Waals surface area contributed by atoms with E-state index in [1.54, 1.807) is 5.38 Å². The van der Waals surface area contributed by atoms with Gasteiger partial charge in [0.25, 0.3) is 0 Å². The Labute approximate surface area is 192 Å². The van der Waals surface area contributed by atoms with Crippen LogP contribution < -0.4 is 5.32 Å². The first-order valence-electron chi connectivity index (χ1n) is 10.5. The number of rotatable bonds is 7. The topological polar surface area (TPSA) is 65.5 Å². The molecule has 1 aromatic heterocycles. The lowest BCUT2D eigenvalue weighted by molar-refractivity contribution is 0.0269. The monoisotopic (exact) mass is 486 g/mol. The number of aromatic nitrogens is 1. The van der Waals surface area contributed by atoms with Gasteiger partial charge < -0.3 is 10.2 Å².